The third kappa shape index (κ3) is 3.66. The van der Waals surface area contributed by atoms with Crippen molar-refractivity contribution in [1.82, 2.24) is 15.1 Å². The summed E-state index contributed by atoms with van der Waals surface area (Å²) >= 11 is 0. The molecule has 2 aliphatic rings. The van der Waals surface area contributed by atoms with Gasteiger partial charge in [-0.15, -0.1) is 0 Å². The molecule has 2 saturated heterocycles. The molecular formula is C12H23N3O2. The van der Waals surface area contributed by atoms with Crippen molar-refractivity contribution in [2.75, 3.05) is 45.8 Å². The highest BCUT2D eigenvalue weighted by Crippen LogP contribution is 2.21. The van der Waals surface area contributed by atoms with E-state index in [1.165, 1.54) is 0 Å². The molecule has 5 nitrogen and oxygen atoms in total. The summed E-state index contributed by atoms with van der Waals surface area (Å²) in [5.41, 5.74) is -0.578. The summed E-state index contributed by atoms with van der Waals surface area (Å²) in [6.45, 7) is 7.63. The maximum Gasteiger partial charge on any atom is 0.236 e. The van der Waals surface area contributed by atoms with Crippen molar-refractivity contribution in [2.24, 2.45) is 0 Å². The molecule has 0 bridgehead atoms. The molecule has 2 rings (SSSR count). The Morgan fingerprint density at radius 2 is 1.82 bits per heavy atom. The second kappa shape index (κ2) is 5.33. The Labute approximate surface area is 103 Å². The predicted octanol–water partition coefficient (Wildman–Crippen LogP) is -0.735. The number of hydrogen-bond donors (Lipinski definition) is 2. The molecule has 0 atom stereocenters. The Bertz CT molecular complexity index is 265. The van der Waals surface area contributed by atoms with Crippen LogP contribution in [-0.4, -0.2) is 72.2 Å². The highest BCUT2D eigenvalue weighted by atomic mass is 16.3. The zero-order valence-electron chi connectivity index (χ0n) is 10.6. The molecule has 2 fully saturated rings. The number of rotatable bonds is 2. The van der Waals surface area contributed by atoms with Crippen molar-refractivity contribution in [3.63, 3.8) is 0 Å². The van der Waals surface area contributed by atoms with Gasteiger partial charge in [-0.25, -0.2) is 0 Å². The summed E-state index contributed by atoms with van der Waals surface area (Å²) in [6.07, 6.45) is 1.39. The van der Waals surface area contributed by atoms with Gasteiger partial charge in [-0.2, -0.15) is 0 Å². The minimum absolute atomic E-state index is 0.211. The number of nitrogens with zero attached hydrogens (tertiary/aromatic N) is 2. The molecule has 5 heteroatoms. The Hall–Kier alpha value is -0.650. The molecule has 98 valence electrons. The second-order valence-electron chi connectivity index (χ2n) is 5.40. The topological polar surface area (TPSA) is 55.8 Å². The highest BCUT2D eigenvalue weighted by molar-refractivity contribution is 5.78. The number of carbonyl (C=O) groups excluding carboxylic acids is 1. The summed E-state index contributed by atoms with van der Waals surface area (Å²) < 4.78 is 0. The van der Waals surface area contributed by atoms with Crippen molar-refractivity contribution in [1.29, 1.82) is 0 Å². The summed E-state index contributed by atoms with van der Waals surface area (Å²) in [5, 5.41) is 13.1. The van der Waals surface area contributed by atoms with Gasteiger partial charge >= 0.3 is 0 Å². The van der Waals surface area contributed by atoms with E-state index >= 15 is 0 Å². The first-order valence-corrected chi connectivity index (χ1v) is 6.50. The zero-order valence-corrected chi connectivity index (χ0v) is 10.6. The molecule has 1 amide bonds. The second-order valence-corrected chi connectivity index (χ2v) is 5.40. The molecule has 17 heavy (non-hydrogen) atoms. The largest absolute Gasteiger partial charge is 0.390 e. The SMILES string of the molecule is CC1(O)CCN(C(=O)CN2CCNCC2)CC1. The van der Waals surface area contributed by atoms with Crippen molar-refractivity contribution in [3.8, 4) is 0 Å². The van der Waals surface area contributed by atoms with E-state index in [9.17, 15) is 9.90 Å². The van der Waals surface area contributed by atoms with Crippen LogP contribution in [0, 0.1) is 0 Å². The van der Waals surface area contributed by atoms with E-state index in [-0.39, 0.29) is 5.91 Å². The Morgan fingerprint density at radius 3 is 2.41 bits per heavy atom. The number of aliphatic hydroxyl groups is 1. The van der Waals surface area contributed by atoms with Gasteiger partial charge in [-0.1, -0.05) is 0 Å². The van der Waals surface area contributed by atoms with Crippen molar-refractivity contribution in [3.05, 3.63) is 0 Å². The van der Waals surface area contributed by atoms with Gasteiger partial charge in [0.05, 0.1) is 12.1 Å². The lowest BCUT2D eigenvalue weighted by Gasteiger charge is -2.37. The van der Waals surface area contributed by atoms with Crippen LogP contribution in [0.15, 0.2) is 0 Å². The van der Waals surface area contributed by atoms with E-state index in [2.05, 4.69) is 10.2 Å². The third-order valence-electron chi connectivity index (χ3n) is 3.76. The summed E-state index contributed by atoms with van der Waals surface area (Å²) in [6, 6.07) is 0. The summed E-state index contributed by atoms with van der Waals surface area (Å²) in [4.78, 5) is 16.1. The number of hydrogen-bond acceptors (Lipinski definition) is 4. The van der Waals surface area contributed by atoms with Gasteiger partial charge in [0, 0.05) is 39.3 Å². The number of carbonyl (C=O) groups is 1. The summed E-state index contributed by atoms with van der Waals surface area (Å²) in [7, 11) is 0. The first-order chi connectivity index (χ1) is 8.07. The minimum atomic E-state index is -0.578. The zero-order chi connectivity index (χ0) is 12.3. The van der Waals surface area contributed by atoms with Crippen molar-refractivity contribution < 1.29 is 9.90 Å². The van der Waals surface area contributed by atoms with E-state index in [1.54, 1.807) is 0 Å². The van der Waals surface area contributed by atoms with E-state index in [0.717, 1.165) is 26.2 Å². The van der Waals surface area contributed by atoms with E-state index in [1.807, 2.05) is 11.8 Å². The standard InChI is InChI=1S/C12H23N3O2/c1-12(17)2-6-15(7-3-12)11(16)10-14-8-4-13-5-9-14/h13,17H,2-10H2,1H3. The predicted molar refractivity (Wildman–Crippen MR) is 65.7 cm³/mol. The van der Waals surface area contributed by atoms with Gasteiger partial charge in [0.2, 0.25) is 5.91 Å². The van der Waals surface area contributed by atoms with Crippen LogP contribution in [-0.2, 0) is 4.79 Å². The smallest absolute Gasteiger partial charge is 0.236 e. The Kier molecular flexibility index (Phi) is 4.01. The van der Waals surface area contributed by atoms with Gasteiger partial charge in [0.1, 0.15) is 0 Å². The molecule has 0 saturated carbocycles. The minimum Gasteiger partial charge on any atom is -0.390 e. The Balaban J connectivity index is 1.76. The number of piperazine rings is 1. The van der Waals surface area contributed by atoms with Crippen LogP contribution in [0.5, 0.6) is 0 Å². The number of amides is 1. The number of nitrogens with one attached hydrogen (secondary N) is 1. The van der Waals surface area contributed by atoms with Crippen LogP contribution in [0.2, 0.25) is 0 Å². The maximum absolute atomic E-state index is 12.1. The van der Waals surface area contributed by atoms with Crippen LogP contribution in [0.1, 0.15) is 19.8 Å². The average molecular weight is 241 g/mol. The Morgan fingerprint density at radius 1 is 1.24 bits per heavy atom. The number of likely N-dealkylation sites (tertiary alicyclic amines) is 1. The first kappa shape index (κ1) is 12.8. The fraction of sp³-hybridized carbons (Fsp3) is 0.917. The summed E-state index contributed by atoms with van der Waals surface area (Å²) in [5.74, 6) is 0.211. The third-order valence-corrected chi connectivity index (χ3v) is 3.76. The van der Waals surface area contributed by atoms with E-state index in [4.69, 9.17) is 0 Å². The molecular weight excluding hydrogens is 218 g/mol. The van der Waals surface area contributed by atoms with Gasteiger partial charge in [0.25, 0.3) is 0 Å². The normalized spacial score (nSPS) is 25.9. The van der Waals surface area contributed by atoms with Crippen LogP contribution in [0.4, 0.5) is 0 Å². The van der Waals surface area contributed by atoms with Gasteiger partial charge in [0.15, 0.2) is 0 Å². The molecule has 0 spiro atoms. The monoisotopic (exact) mass is 241 g/mol. The maximum atomic E-state index is 12.1. The van der Waals surface area contributed by atoms with Gasteiger partial charge < -0.3 is 15.3 Å². The molecule has 2 N–H and O–H groups in total. The molecule has 0 aromatic heterocycles. The van der Waals surface area contributed by atoms with Crippen LogP contribution in [0.3, 0.4) is 0 Å². The lowest BCUT2D eigenvalue weighted by molar-refractivity contribution is -0.136. The average Bonchev–Trinajstić information content (AvgIpc) is 2.30. The fourth-order valence-corrected chi connectivity index (χ4v) is 2.40. The fourth-order valence-electron chi connectivity index (χ4n) is 2.40. The van der Waals surface area contributed by atoms with E-state index in [0.29, 0.717) is 32.5 Å². The van der Waals surface area contributed by atoms with Gasteiger partial charge in [-0.3, -0.25) is 9.69 Å². The molecule has 0 aliphatic carbocycles. The van der Waals surface area contributed by atoms with Crippen molar-refractivity contribution in [2.45, 2.75) is 25.4 Å². The van der Waals surface area contributed by atoms with Crippen molar-refractivity contribution >= 4 is 5.91 Å². The highest BCUT2D eigenvalue weighted by Gasteiger charge is 2.30. The molecule has 0 radical (unpaired) electrons. The molecule has 0 aromatic rings. The molecule has 0 aromatic carbocycles. The van der Waals surface area contributed by atoms with Crippen LogP contribution in [0.25, 0.3) is 0 Å². The molecule has 2 heterocycles. The van der Waals surface area contributed by atoms with Crippen LogP contribution < -0.4 is 5.32 Å². The van der Waals surface area contributed by atoms with Crippen LogP contribution >= 0.6 is 0 Å². The lowest BCUT2D eigenvalue weighted by atomic mass is 9.94. The molecule has 0 unspecified atom stereocenters. The van der Waals surface area contributed by atoms with E-state index < -0.39 is 5.60 Å². The lowest BCUT2D eigenvalue weighted by Crippen LogP contribution is -2.51. The van der Waals surface area contributed by atoms with Gasteiger partial charge in [-0.05, 0) is 19.8 Å². The first-order valence-electron chi connectivity index (χ1n) is 6.50. The number of piperidine rings is 1. The molecule has 2 aliphatic heterocycles. The quantitative estimate of drug-likeness (QED) is 0.669.